The molecule has 0 saturated carbocycles. The number of carbonyl (C=O) groups excluding carboxylic acids is 1. The van der Waals surface area contributed by atoms with Gasteiger partial charge in [-0.05, 0) is 12.0 Å². The summed E-state index contributed by atoms with van der Waals surface area (Å²) in [4.78, 5) is 28.2. The van der Waals surface area contributed by atoms with Crippen molar-refractivity contribution in [1.29, 1.82) is 0 Å². The molecule has 0 aliphatic carbocycles. The Labute approximate surface area is 74.4 Å². The van der Waals surface area contributed by atoms with Crippen LogP contribution in [0.25, 0.3) is 0 Å². The Morgan fingerprint density at radius 2 is 2.15 bits per heavy atom. The SMILES string of the molecule is O=CC(Cc1cncnc1)C(=O)O. The van der Waals surface area contributed by atoms with Crippen LogP contribution in [-0.4, -0.2) is 27.3 Å². The van der Waals surface area contributed by atoms with Gasteiger partial charge in [-0.25, -0.2) is 9.97 Å². The first-order valence-electron chi connectivity index (χ1n) is 3.66. The second-order valence-corrected chi connectivity index (χ2v) is 2.53. The van der Waals surface area contributed by atoms with Crippen LogP contribution in [0.15, 0.2) is 18.7 Å². The molecular weight excluding hydrogens is 172 g/mol. The van der Waals surface area contributed by atoms with Crippen LogP contribution in [0.4, 0.5) is 0 Å². The van der Waals surface area contributed by atoms with Gasteiger partial charge in [0.1, 0.15) is 18.5 Å². The topological polar surface area (TPSA) is 80.2 Å². The predicted molar refractivity (Wildman–Crippen MR) is 42.9 cm³/mol. The van der Waals surface area contributed by atoms with Crippen LogP contribution in [0.2, 0.25) is 0 Å². The maximum absolute atomic E-state index is 10.5. The van der Waals surface area contributed by atoms with Crippen LogP contribution in [0.1, 0.15) is 5.56 Å². The standard InChI is InChI=1S/C8H8N2O3/c11-4-7(8(12)13)1-6-2-9-5-10-3-6/h2-5,7H,1H2,(H,12,13). The highest BCUT2D eigenvalue weighted by Gasteiger charge is 2.16. The van der Waals surface area contributed by atoms with Gasteiger partial charge >= 0.3 is 5.97 Å². The highest BCUT2D eigenvalue weighted by Crippen LogP contribution is 2.04. The molecule has 0 aromatic carbocycles. The molecule has 1 aromatic heterocycles. The van der Waals surface area contributed by atoms with Crippen LogP contribution in [0, 0.1) is 5.92 Å². The number of carboxylic acid groups (broad SMARTS) is 1. The summed E-state index contributed by atoms with van der Waals surface area (Å²) in [5.41, 5.74) is 0.641. The largest absolute Gasteiger partial charge is 0.481 e. The summed E-state index contributed by atoms with van der Waals surface area (Å²) in [7, 11) is 0. The zero-order valence-corrected chi connectivity index (χ0v) is 6.75. The Hall–Kier alpha value is -1.78. The lowest BCUT2D eigenvalue weighted by Crippen LogP contribution is -2.17. The van der Waals surface area contributed by atoms with Gasteiger partial charge in [0.2, 0.25) is 0 Å². The van der Waals surface area contributed by atoms with Gasteiger partial charge in [-0.3, -0.25) is 4.79 Å². The molecule has 0 aliphatic rings. The number of aldehydes is 1. The fourth-order valence-corrected chi connectivity index (χ4v) is 0.883. The van der Waals surface area contributed by atoms with Gasteiger partial charge < -0.3 is 9.90 Å². The lowest BCUT2D eigenvalue weighted by Gasteiger charge is -2.02. The molecule has 1 heterocycles. The molecule has 0 amide bonds. The van der Waals surface area contributed by atoms with E-state index in [2.05, 4.69) is 9.97 Å². The zero-order valence-electron chi connectivity index (χ0n) is 6.75. The Bertz CT molecular complexity index is 300. The van der Waals surface area contributed by atoms with Crippen LogP contribution in [0.5, 0.6) is 0 Å². The average molecular weight is 180 g/mol. The average Bonchev–Trinajstić information content (AvgIpc) is 2.15. The molecule has 1 aromatic rings. The summed E-state index contributed by atoms with van der Waals surface area (Å²) >= 11 is 0. The van der Waals surface area contributed by atoms with Gasteiger partial charge in [0.25, 0.3) is 0 Å². The van der Waals surface area contributed by atoms with Crippen LogP contribution >= 0.6 is 0 Å². The molecule has 68 valence electrons. The first-order valence-corrected chi connectivity index (χ1v) is 3.66. The van der Waals surface area contributed by atoms with Crippen molar-refractivity contribution in [3.8, 4) is 0 Å². The normalized spacial score (nSPS) is 12.0. The van der Waals surface area contributed by atoms with E-state index in [1.54, 1.807) is 0 Å². The zero-order chi connectivity index (χ0) is 9.68. The van der Waals surface area contributed by atoms with E-state index in [1.165, 1.54) is 18.7 Å². The minimum Gasteiger partial charge on any atom is -0.481 e. The third-order valence-corrected chi connectivity index (χ3v) is 1.55. The number of carbonyl (C=O) groups is 2. The summed E-state index contributed by atoms with van der Waals surface area (Å²) in [6, 6.07) is 0. The molecule has 5 heteroatoms. The first-order chi connectivity index (χ1) is 6.24. The van der Waals surface area contributed by atoms with E-state index in [4.69, 9.17) is 5.11 Å². The van der Waals surface area contributed by atoms with E-state index in [0.717, 1.165) is 0 Å². The second-order valence-electron chi connectivity index (χ2n) is 2.53. The molecule has 1 N–H and O–H groups in total. The fraction of sp³-hybridized carbons (Fsp3) is 0.250. The summed E-state index contributed by atoms with van der Waals surface area (Å²) in [5, 5.41) is 8.56. The van der Waals surface area contributed by atoms with Gasteiger partial charge in [0.05, 0.1) is 0 Å². The van der Waals surface area contributed by atoms with E-state index in [1.807, 2.05) is 0 Å². The number of aliphatic carboxylic acids is 1. The molecule has 0 spiro atoms. The Balaban J connectivity index is 2.67. The highest BCUT2D eigenvalue weighted by atomic mass is 16.4. The lowest BCUT2D eigenvalue weighted by molar-refractivity contribution is -0.143. The molecule has 0 saturated heterocycles. The van der Waals surface area contributed by atoms with E-state index in [-0.39, 0.29) is 6.42 Å². The van der Waals surface area contributed by atoms with Crippen molar-refractivity contribution in [2.24, 2.45) is 5.92 Å². The number of carboxylic acids is 1. The summed E-state index contributed by atoms with van der Waals surface area (Å²) in [6.07, 6.45) is 4.88. The van der Waals surface area contributed by atoms with Crippen LogP contribution in [-0.2, 0) is 16.0 Å². The molecule has 1 atom stereocenters. The van der Waals surface area contributed by atoms with Crippen LogP contribution in [0.3, 0.4) is 0 Å². The van der Waals surface area contributed by atoms with E-state index < -0.39 is 11.9 Å². The quantitative estimate of drug-likeness (QED) is 0.517. The van der Waals surface area contributed by atoms with Gasteiger partial charge in [-0.15, -0.1) is 0 Å². The summed E-state index contributed by atoms with van der Waals surface area (Å²) in [5.74, 6) is -2.13. The Kier molecular flexibility index (Phi) is 3.08. The third kappa shape index (κ3) is 2.62. The molecule has 1 unspecified atom stereocenters. The van der Waals surface area contributed by atoms with Crippen molar-refractivity contribution < 1.29 is 14.7 Å². The van der Waals surface area contributed by atoms with Crippen molar-refractivity contribution >= 4 is 12.3 Å². The molecule has 5 nitrogen and oxygen atoms in total. The number of nitrogens with zero attached hydrogens (tertiary/aromatic N) is 2. The van der Waals surface area contributed by atoms with E-state index >= 15 is 0 Å². The minimum absolute atomic E-state index is 0.139. The minimum atomic E-state index is -1.13. The number of hydrogen-bond donors (Lipinski definition) is 1. The van der Waals surface area contributed by atoms with E-state index in [9.17, 15) is 9.59 Å². The number of aromatic nitrogens is 2. The smallest absolute Gasteiger partial charge is 0.314 e. The van der Waals surface area contributed by atoms with Crippen molar-refractivity contribution in [3.63, 3.8) is 0 Å². The predicted octanol–water partition coefficient (Wildman–Crippen LogP) is -0.0812. The molecule has 0 bridgehead atoms. The van der Waals surface area contributed by atoms with Gasteiger partial charge in [-0.1, -0.05) is 0 Å². The van der Waals surface area contributed by atoms with Crippen molar-refractivity contribution in [2.45, 2.75) is 6.42 Å². The second kappa shape index (κ2) is 4.30. The van der Waals surface area contributed by atoms with Gasteiger partial charge in [-0.2, -0.15) is 0 Å². The number of hydrogen-bond acceptors (Lipinski definition) is 4. The molecular formula is C8H8N2O3. The molecule has 0 aliphatic heterocycles. The third-order valence-electron chi connectivity index (χ3n) is 1.55. The summed E-state index contributed by atoms with van der Waals surface area (Å²) < 4.78 is 0. The maximum atomic E-state index is 10.5. The first kappa shape index (κ1) is 9.31. The Morgan fingerprint density at radius 3 is 2.62 bits per heavy atom. The monoisotopic (exact) mass is 180 g/mol. The number of rotatable bonds is 4. The van der Waals surface area contributed by atoms with Crippen LogP contribution < -0.4 is 0 Å². The maximum Gasteiger partial charge on any atom is 0.314 e. The van der Waals surface area contributed by atoms with Crippen molar-refractivity contribution in [3.05, 3.63) is 24.3 Å². The van der Waals surface area contributed by atoms with Crippen molar-refractivity contribution in [2.75, 3.05) is 0 Å². The highest BCUT2D eigenvalue weighted by molar-refractivity contribution is 5.86. The lowest BCUT2D eigenvalue weighted by atomic mass is 10.0. The van der Waals surface area contributed by atoms with Crippen molar-refractivity contribution in [1.82, 2.24) is 9.97 Å². The Morgan fingerprint density at radius 1 is 1.54 bits per heavy atom. The van der Waals surface area contributed by atoms with Gasteiger partial charge in [0.15, 0.2) is 0 Å². The molecule has 0 radical (unpaired) electrons. The molecule has 13 heavy (non-hydrogen) atoms. The fourth-order valence-electron chi connectivity index (χ4n) is 0.883. The van der Waals surface area contributed by atoms with E-state index in [0.29, 0.717) is 11.8 Å². The molecule has 1 rings (SSSR count). The van der Waals surface area contributed by atoms with Gasteiger partial charge in [0, 0.05) is 12.4 Å². The molecule has 0 fully saturated rings. The summed E-state index contributed by atoms with van der Waals surface area (Å²) in [6.45, 7) is 0.